The first-order valence-electron chi connectivity index (χ1n) is 7.39. The van der Waals surface area contributed by atoms with Crippen molar-refractivity contribution >= 4 is 16.8 Å². The van der Waals surface area contributed by atoms with Crippen molar-refractivity contribution in [2.75, 3.05) is 6.54 Å². The summed E-state index contributed by atoms with van der Waals surface area (Å²) in [5, 5.41) is 0.996. The highest BCUT2D eigenvalue weighted by atomic mass is 16.2. The Balaban J connectivity index is 1.73. The SMILES string of the molecule is Cc1ccc2cccc(C(=O)N3CCc4nc[nH]c4C3)c2n1. The van der Waals surface area contributed by atoms with Gasteiger partial charge in [0.05, 0.1) is 35.3 Å². The average Bonchev–Trinajstić information content (AvgIpc) is 3.01. The summed E-state index contributed by atoms with van der Waals surface area (Å²) in [6, 6.07) is 9.74. The lowest BCUT2D eigenvalue weighted by atomic mass is 10.1. The van der Waals surface area contributed by atoms with Gasteiger partial charge in [-0.1, -0.05) is 18.2 Å². The number of rotatable bonds is 1. The molecule has 0 radical (unpaired) electrons. The second-order valence-corrected chi connectivity index (χ2v) is 5.63. The van der Waals surface area contributed by atoms with Crippen LogP contribution in [-0.4, -0.2) is 32.3 Å². The molecular weight excluding hydrogens is 276 g/mol. The van der Waals surface area contributed by atoms with Gasteiger partial charge in [-0.15, -0.1) is 0 Å². The molecule has 0 unspecified atom stereocenters. The highest BCUT2D eigenvalue weighted by Crippen LogP contribution is 2.22. The summed E-state index contributed by atoms with van der Waals surface area (Å²) in [4.78, 5) is 26.7. The molecule has 0 aliphatic carbocycles. The number of para-hydroxylation sites is 1. The van der Waals surface area contributed by atoms with Gasteiger partial charge in [-0.3, -0.25) is 9.78 Å². The van der Waals surface area contributed by atoms with Gasteiger partial charge in [-0.05, 0) is 19.1 Å². The van der Waals surface area contributed by atoms with Crippen molar-refractivity contribution in [1.82, 2.24) is 19.9 Å². The van der Waals surface area contributed by atoms with Gasteiger partial charge >= 0.3 is 0 Å². The lowest BCUT2D eigenvalue weighted by Gasteiger charge is -2.26. The molecule has 2 aromatic heterocycles. The number of pyridine rings is 1. The maximum atomic E-state index is 12.9. The Labute approximate surface area is 128 Å². The fourth-order valence-electron chi connectivity index (χ4n) is 2.97. The minimum atomic E-state index is 0.0314. The van der Waals surface area contributed by atoms with Crippen LogP contribution in [0.4, 0.5) is 0 Å². The number of fused-ring (bicyclic) bond motifs is 2. The fourth-order valence-corrected chi connectivity index (χ4v) is 2.97. The number of carbonyl (C=O) groups excluding carboxylic acids is 1. The van der Waals surface area contributed by atoms with Crippen molar-refractivity contribution in [2.45, 2.75) is 19.9 Å². The van der Waals surface area contributed by atoms with Gasteiger partial charge in [0, 0.05) is 24.0 Å². The maximum absolute atomic E-state index is 12.9. The molecular formula is C17H16N4O. The number of nitrogens with zero attached hydrogens (tertiary/aromatic N) is 3. The highest BCUT2D eigenvalue weighted by molar-refractivity contribution is 6.05. The topological polar surface area (TPSA) is 61.9 Å². The maximum Gasteiger partial charge on any atom is 0.256 e. The summed E-state index contributed by atoms with van der Waals surface area (Å²) >= 11 is 0. The summed E-state index contributed by atoms with van der Waals surface area (Å²) in [5.74, 6) is 0.0314. The van der Waals surface area contributed by atoms with Crippen LogP contribution in [0.2, 0.25) is 0 Å². The van der Waals surface area contributed by atoms with E-state index in [1.54, 1.807) is 6.33 Å². The number of hydrogen-bond acceptors (Lipinski definition) is 3. The van der Waals surface area contributed by atoms with E-state index in [1.807, 2.05) is 42.2 Å². The van der Waals surface area contributed by atoms with E-state index in [1.165, 1.54) is 0 Å². The van der Waals surface area contributed by atoms with E-state index >= 15 is 0 Å². The number of amides is 1. The van der Waals surface area contributed by atoms with Gasteiger partial charge in [-0.25, -0.2) is 4.98 Å². The van der Waals surface area contributed by atoms with Crippen LogP contribution >= 0.6 is 0 Å². The van der Waals surface area contributed by atoms with Gasteiger partial charge in [0.15, 0.2) is 0 Å². The van der Waals surface area contributed by atoms with Gasteiger partial charge in [0.1, 0.15) is 0 Å². The van der Waals surface area contributed by atoms with Crippen molar-refractivity contribution < 1.29 is 4.79 Å². The van der Waals surface area contributed by atoms with Crippen LogP contribution in [0.15, 0.2) is 36.7 Å². The minimum Gasteiger partial charge on any atom is -0.347 e. The Morgan fingerprint density at radius 3 is 3.09 bits per heavy atom. The van der Waals surface area contributed by atoms with E-state index in [-0.39, 0.29) is 5.91 Å². The normalized spacial score (nSPS) is 14.1. The molecule has 0 fully saturated rings. The molecule has 0 saturated carbocycles. The predicted octanol–water partition coefficient (Wildman–Crippen LogP) is 2.46. The Bertz CT molecular complexity index is 868. The van der Waals surface area contributed by atoms with Gasteiger partial charge in [-0.2, -0.15) is 0 Å². The number of hydrogen-bond donors (Lipinski definition) is 1. The molecule has 0 bridgehead atoms. The van der Waals surface area contributed by atoms with Crippen LogP contribution in [0, 0.1) is 6.92 Å². The quantitative estimate of drug-likeness (QED) is 0.749. The lowest BCUT2D eigenvalue weighted by Crippen LogP contribution is -2.36. The van der Waals surface area contributed by atoms with Crippen LogP contribution in [0.3, 0.4) is 0 Å². The lowest BCUT2D eigenvalue weighted by molar-refractivity contribution is 0.0733. The summed E-state index contributed by atoms with van der Waals surface area (Å²) in [7, 11) is 0. The predicted molar refractivity (Wildman–Crippen MR) is 83.5 cm³/mol. The molecule has 110 valence electrons. The van der Waals surface area contributed by atoms with Crippen LogP contribution in [0.5, 0.6) is 0 Å². The van der Waals surface area contributed by atoms with E-state index in [0.717, 1.165) is 34.4 Å². The molecule has 5 heteroatoms. The van der Waals surface area contributed by atoms with Crippen molar-refractivity contribution in [3.63, 3.8) is 0 Å². The molecule has 1 aromatic carbocycles. The molecule has 0 spiro atoms. The molecule has 1 N–H and O–H groups in total. The molecule has 3 aromatic rings. The van der Waals surface area contributed by atoms with E-state index in [9.17, 15) is 4.79 Å². The van der Waals surface area contributed by atoms with Crippen LogP contribution in [0.25, 0.3) is 10.9 Å². The number of nitrogens with one attached hydrogen (secondary N) is 1. The van der Waals surface area contributed by atoms with Crippen molar-refractivity contribution in [3.8, 4) is 0 Å². The Kier molecular flexibility index (Phi) is 2.92. The summed E-state index contributed by atoms with van der Waals surface area (Å²) in [5.41, 5.74) is 4.47. The van der Waals surface area contributed by atoms with E-state index in [2.05, 4.69) is 15.0 Å². The molecule has 0 atom stereocenters. The molecule has 4 rings (SSSR count). The number of aryl methyl sites for hydroxylation is 1. The molecule has 1 aliphatic heterocycles. The monoisotopic (exact) mass is 292 g/mol. The van der Waals surface area contributed by atoms with Crippen molar-refractivity contribution in [2.24, 2.45) is 0 Å². The first kappa shape index (κ1) is 13.0. The third-order valence-corrected chi connectivity index (χ3v) is 4.15. The molecule has 0 saturated heterocycles. The third-order valence-electron chi connectivity index (χ3n) is 4.15. The molecule has 1 amide bonds. The molecule has 22 heavy (non-hydrogen) atoms. The fraction of sp³-hybridized carbons (Fsp3) is 0.235. The van der Waals surface area contributed by atoms with Gasteiger partial charge < -0.3 is 9.88 Å². The van der Waals surface area contributed by atoms with E-state index in [4.69, 9.17) is 0 Å². The average molecular weight is 292 g/mol. The molecule has 1 aliphatic rings. The number of benzene rings is 1. The number of H-pyrrole nitrogens is 1. The zero-order valence-corrected chi connectivity index (χ0v) is 12.3. The van der Waals surface area contributed by atoms with Crippen LogP contribution in [0.1, 0.15) is 27.4 Å². The first-order valence-corrected chi connectivity index (χ1v) is 7.39. The zero-order valence-electron chi connectivity index (χ0n) is 12.3. The van der Waals surface area contributed by atoms with Crippen molar-refractivity contribution in [3.05, 3.63) is 59.3 Å². The third kappa shape index (κ3) is 2.06. The standard InChI is InChI=1S/C17H16N4O/c1-11-5-6-12-3-2-4-13(16(12)20-11)17(22)21-8-7-14-15(9-21)19-10-18-14/h2-6,10H,7-9H2,1H3,(H,18,19). The molecule has 5 nitrogen and oxygen atoms in total. The minimum absolute atomic E-state index is 0.0314. The number of aromatic amines is 1. The van der Waals surface area contributed by atoms with Crippen LogP contribution in [-0.2, 0) is 13.0 Å². The van der Waals surface area contributed by atoms with Gasteiger partial charge in [0.25, 0.3) is 5.91 Å². The first-order chi connectivity index (χ1) is 10.7. The van der Waals surface area contributed by atoms with Crippen molar-refractivity contribution in [1.29, 1.82) is 0 Å². The number of aromatic nitrogens is 3. The summed E-state index contributed by atoms with van der Waals surface area (Å²) < 4.78 is 0. The zero-order chi connectivity index (χ0) is 15.1. The Hall–Kier alpha value is -2.69. The smallest absolute Gasteiger partial charge is 0.256 e. The second kappa shape index (κ2) is 4.94. The second-order valence-electron chi connectivity index (χ2n) is 5.63. The van der Waals surface area contributed by atoms with E-state index < -0.39 is 0 Å². The largest absolute Gasteiger partial charge is 0.347 e. The molecule has 3 heterocycles. The van der Waals surface area contributed by atoms with Crippen LogP contribution < -0.4 is 0 Å². The highest BCUT2D eigenvalue weighted by Gasteiger charge is 2.24. The summed E-state index contributed by atoms with van der Waals surface area (Å²) in [6.45, 7) is 3.22. The number of carbonyl (C=O) groups is 1. The Morgan fingerprint density at radius 2 is 2.18 bits per heavy atom. The van der Waals surface area contributed by atoms with Gasteiger partial charge in [0.2, 0.25) is 0 Å². The Morgan fingerprint density at radius 1 is 1.27 bits per heavy atom. The summed E-state index contributed by atoms with van der Waals surface area (Å²) in [6.07, 6.45) is 2.49. The van der Waals surface area contributed by atoms with E-state index in [0.29, 0.717) is 18.7 Å². The number of imidazole rings is 1.